The summed E-state index contributed by atoms with van der Waals surface area (Å²) in [6.45, 7) is 11.0. The Hall–Kier alpha value is 0.730. The van der Waals surface area contributed by atoms with Crippen LogP contribution in [0.25, 0.3) is 0 Å². The van der Waals surface area contributed by atoms with E-state index in [1.165, 1.54) is 0 Å². The van der Waals surface area contributed by atoms with Crippen molar-refractivity contribution in [2.75, 3.05) is 49.3 Å². The first-order chi connectivity index (χ1) is 10.5. The van der Waals surface area contributed by atoms with E-state index in [4.69, 9.17) is 7.94 Å². The first-order valence-electron chi connectivity index (χ1n) is 9.22. The van der Waals surface area contributed by atoms with E-state index in [9.17, 15) is 8.42 Å². The van der Waals surface area contributed by atoms with Crippen LogP contribution in [-0.2, 0) is 18.3 Å². The van der Waals surface area contributed by atoms with Gasteiger partial charge < -0.3 is 0 Å². The van der Waals surface area contributed by atoms with Gasteiger partial charge >= 0.3 is 145 Å². The molecule has 0 radical (unpaired) electrons. The Kier molecular flexibility index (Phi) is 8.21. The van der Waals surface area contributed by atoms with Crippen LogP contribution in [0.2, 0.25) is 0 Å². The van der Waals surface area contributed by atoms with Gasteiger partial charge in [0.05, 0.1) is 0 Å². The van der Waals surface area contributed by atoms with Crippen LogP contribution in [-0.4, -0.2) is 57.7 Å². The third kappa shape index (κ3) is 4.47. The minimum absolute atomic E-state index is 0.782. The van der Waals surface area contributed by atoms with Crippen LogP contribution in [0, 0.1) is 0 Å². The third-order valence-electron chi connectivity index (χ3n) is 7.00. The number of rotatable bonds is 12. The van der Waals surface area contributed by atoms with Gasteiger partial charge in [-0.1, -0.05) is 0 Å². The van der Waals surface area contributed by atoms with Gasteiger partial charge in [-0.3, -0.25) is 0 Å². The second-order valence-corrected chi connectivity index (χ2v) is 21.3. The molecule has 0 N–H and O–H groups in total. The van der Waals surface area contributed by atoms with Crippen molar-refractivity contribution in [2.45, 2.75) is 55.4 Å². The molecule has 0 aromatic rings. The van der Waals surface area contributed by atoms with E-state index in [0.29, 0.717) is 0 Å². The molecule has 0 bridgehead atoms. The summed E-state index contributed by atoms with van der Waals surface area (Å²) in [4.78, 5) is 0. The Labute approximate surface area is 145 Å². The van der Waals surface area contributed by atoms with Gasteiger partial charge in [0.1, 0.15) is 0 Å². The predicted molar refractivity (Wildman–Crippen MR) is 109 cm³/mol. The van der Waals surface area contributed by atoms with Crippen molar-refractivity contribution in [3.05, 3.63) is 0 Å². The predicted octanol–water partition coefficient (Wildman–Crippen LogP) is 5.36. The molecular weight excluding hydrogens is 350 g/mol. The molecular formula is C16H40O4P2S. The van der Waals surface area contributed by atoms with Gasteiger partial charge in [0.2, 0.25) is 0 Å². The molecule has 0 aliphatic carbocycles. The molecule has 0 heterocycles. The van der Waals surface area contributed by atoms with Gasteiger partial charge in [0, 0.05) is 0 Å². The Morgan fingerprint density at radius 3 is 0.826 bits per heavy atom. The van der Waals surface area contributed by atoms with Crippen LogP contribution >= 0.6 is 13.7 Å². The van der Waals surface area contributed by atoms with Crippen LogP contribution in [0.3, 0.4) is 0 Å². The summed E-state index contributed by atoms with van der Waals surface area (Å²) in [6, 6.07) is 0. The third-order valence-corrected chi connectivity index (χ3v) is 24.6. The van der Waals surface area contributed by atoms with Gasteiger partial charge in [-0.2, -0.15) is 0 Å². The molecule has 0 aliphatic rings. The van der Waals surface area contributed by atoms with E-state index in [-0.39, 0.29) is 0 Å². The van der Waals surface area contributed by atoms with Crippen LogP contribution < -0.4 is 0 Å². The van der Waals surface area contributed by atoms with Gasteiger partial charge in [-0.25, -0.2) is 0 Å². The normalized spacial score (nSPS) is 17.2. The zero-order chi connectivity index (χ0) is 18.5. The zero-order valence-corrected chi connectivity index (χ0v) is 19.2. The standard InChI is InChI=1S/C16H40O4P2S/c1-9-21(10-2,11-3,12-4)19-23(17,18)20-22(13-5,14-6,15-7)16-8/h9-16H2,1-8H3. The average Bonchev–Trinajstić information content (AvgIpc) is 2.59. The first kappa shape index (κ1) is 23.7. The molecule has 0 saturated carbocycles. The Morgan fingerprint density at radius 1 is 0.522 bits per heavy atom. The van der Waals surface area contributed by atoms with Gasteiger partial charge in [-0.15, -0.1) is 0 Å². The summed E-state index contributed by atoms with van der Waals surface area (Å²) in [6.07, 6.45) is 6.26. The van der Waals surface area contributed by atoms with E-state index >= 15 is 0 Å². The minimum atomic E-state index is -3.99. The molecule has 0 rings (SSSR count). The molecule has 0 aromatic heterocycles. The van der Waals surface area contributed by atoms with Crippen molar-refractivity contribution >= 4 is 24.1 Å². The fourth-order valence-electron chi connectivity index (χ4n) is 3.63. The fourth-order valence-corrected chi connectivity index (χ4v) is 16.9. The summed E-state index contributed by atoms with van der Waals surface area (Å²) in [5.41, 5.74) is 0. The van der Waals surface area contributed by atoms with E-state index in [1.54, 1.807) is 0 Å². The maximum atomic E-state index is 13.0. The summed E-state index contributed by atoms with van der Waals surface area (Å²) in [7, 11) is -3.99. The van der Waals surface area contributed by atoms with Crippen molar-refractivity contribution in [3.63, 3.8) is 0 Å². The van der Waals surface area contributed by atoms with Gasteiger partial charge in [0.15, 0.2) is 0 Å². The quantitative estimate of drug-likeness (QED) is 0.421. The van der Waals surface area contributed by atoms with Crippen LogP contribution in [0.4, 0.5) is 0 Å². The fraction of sp³-hybridized carbons (Fsp3) is 1.00. The van der Waals surface area contributed by atoms with Crippen LogP contribution in [0.1, 0.15) is 55.4 Å². The molecule has 23 heavy (non-hydrogen) atoms. The molecule has 0 aliphatic heterocycles. The topological polar surface area (TPSA) is 52.6 Å². The molecule has 0 saturated heterocycles. The van der Waals surface area contributed by atoms with Crippen molar-refractivity contribution in [2.24, 2.45) is 0 Å². The molecule has 0 spiro atoms. The van der Waals surface area contributed by atoms with Crippen molar-refractivity contribution in [3.8, 4) is 0 Å². The van der Waals surface area contributed by atoms with Crippen molar-refractivity contribution in [1.82, 2.24) is 0 Å². The van der Waals surface area contributed by atoms with Gasteiger partial charge in [0.25, 0.3) is 0 Å². The second-order valence-electron chi connectivity index (χ2n) is 6.80. The van der Waals surface area contributed by atoms with Crippen molar-refractivity contribution < 1.29 is 16.4 Å². The van der Waals surface area contributed by atoms with E-state index < -0.39 is 24.1 Å². The van der Waals surface area contributed by atoms with E-state index in [2.05, 4.69) is 55.4 Å². The number of hydrogen-bond donors (Lipinski definition) is 0. The SMILES string of the molecule is CCP(CC)(CC)(CC)OS(=O)(=O)OP(CC)(CC)(CC)CC. The molecule has 4 nitrogen and oxygen atoms in total. The molecule has 0 atom stereocenters. The Bertz CT molecular complexity index is 397. The molecule has 144 valence electrons. The molecule has 7 heteroatoms. The van der Waals surface area contributed by atoms with E-state index in [1.807, 2.05) is 0 Å². The Morgan fingerprint density at radius 2 is 0.696 bits per heavy atom. The summed E-state index contributed by atoms with van der Waals surface area (Å²) >= 11 is 0. The number of hydrogen-bond acceptors (Lipinski definition) is 4. The second kappa shape index (κ2) is 7.96. The molecule has 0 fully saturated rings. The summed E-state index contributed by atoms with van der Waals surface area (Å²) < 4.78 is 38.0. The molecule has 0 amide bonds. The first-order valence-corrected chi connectivity index (χ1v) is 16.3. The van der Waals surface area contributed by atoms with Crippen molar-refractivity contribution in [1.29, 1.82) is 0 Å². The Balaban J connectivity index is 5.93. The van der Waals surface area contributed by atoms with E-state index in [0.717, 1.165) is 49.3 Å². The zero-order valence-electron chi connectivity index (χ0n) is 16.6. The molecule has 0 aromatic carbocycles. The van der Waals surface area contributed by atoms with Gasteiger partial charge in [-0.05, 0) is 0 Å². The van der Waals surface area contributed by atoms with Crippen LogP contribution in [0.15, 0.2) is 0 Å². The maximum absolute atomic E-state index is 13.0. The summed E-state index contributed by atoms with van der Waals surface area (Å²) in [5, 5.41) is 0. The summed E-state index contributed by atoms with van der Waals surface area (Å²) in [5.74, 6) is 0. The van der Waals surface area contributed by atoms with Crippen LogP contribution in [0.5, 0.6) is 0 Å². The molecule has 0 unspecified atom stereocenters. The average molecular weight is 391 g/mol. The monoisotopic (exact) mass is 390 g/mol.